The van der Waals surface area contributed by atoms with Crippen LogP contribution < -0.4 is 0 Å². The molecule has 0 aliphatic heterocycles. The molecule has 0 saturated carbocycles. The molecule has 1 heterocycles. The van der Waals surface area contributed by atoms with Crippen LogP contribution in [0, 0.1) is 11.3 Å². The summed E-state index contributed by atoms with van der Waals surface area (Å²) in [5.41, 5.74) is 1.36. The minimum atomic E-state index is 0.591. The van der Waals surface area contributed by atoms with Gasteiger partial charge in [-0.1, -0.05) is 15.9 Å². The fourth-order valence-electron chi connectivity index (χ4n) is 1.14. The van der Waals surface area contributed by atoms with E-state index in [1.54, 1.807) is 23.3 Å². The summed E-state index contributed by atoms with van der Waals surface area (Å²) in [5.74, 6) is 0. The highest BCUT2D eigenvalue weighted by molar-refractivity contribution is 9.10. The first-order chi connectivity index (χ1) is 6.81. The van der Waals surface area contributed by atoms with Crippen LogP contribution in [0.2, 0.25) is 0 Å². The lowest BCUT2D eigenvalue weighted by molar-refractivity contribution is 1.05. The molecule has 14 heavy (non-hydrogen) atoms. The molecule has 0 fully saturated rings. The van der Waals surface area contributed by atoms with E-state index in [1.165, 1.54) is 0 Å². The molecule has 0 N–H and O–H groups in total. The van der Waals surface area contributed by atoms with Crippen molar-refractivity contribution in [3.05, 3.63) is 40.9 Å². The Hall–Kier alpha value is -1.67. The predicted octanol–water partition coefficient (Wildman–Crippen LogP) is 1.90. The van der Waals surface area contributed by atoms with Gasteiger partial charge < -0.3 is 0 Å². The molecular formula is C9H5BrN4. The third kappa shape index (κ3) is 1.52. The Morgan fingerprint density at radius 2 is 2.00 bits per heavy atom. The van der Waals surface area contributed by atoms with E-state index in [-0.39, 0.29) is 0 Å². The molecule has 0 aliphatic carbocycles. The van der Waals surface area contributed by atoms with Gasteiger partial charge in [0.25, 0.3) is 0 Å². The van der Waals surface area contributed by atoms with Crippen molar-refractivity contribution >= 4 is 15.9 Å². The van der Waals surface area contributed by atoms with E-state index in [0.29, 0.717) is 5.56 Å². The molecule has 5 heteroatoms. The summed E-state index contributed by atoms with van der Waals surface area (Å²) in [6, 6.07) is 7.54. The van der Waals surface area contributed by atoms with Gasteiger partial charge in [-0.2, -0.15) is 5.26 Å². The average Bonchev–Trinajstić information content (AvgIpc) is 2.70. The van der Waals surface area contributed by atoms with Crippen molar-refractivity contribution in [3.8, 4) is 11.8 Å². The Kier molecular flexibility index (Phi) is 2.29. The van der Waals surface area contributed by atoms with Gasteiger partial charge >= 0.3 is 0 Å². The van der Waals surface area contributed by atoms with Crippen LogP contribution in [0.15, 0.2) is 35.3 Å². The first-order valence-corrected chi connectivity index (χ1v) is 4.65. The van der Waals surface area contributed by atoms with Crippen molar-refractivity contribution in [1.29, 1.82) is 5.26 Å². The van der Waals surface area contributed by atoms with Crippen LogP contribution >= 0.6 is 15.9 Å². The molecule has 4 nitrogen and oxygen atoms in total. The molecule has 0 saturated heterocycles. The number of rotatable bonds is 1. The van der Waals surface area contributed by atoms with E-state index < -0.39 is 0 Å². The van der Waals surface area contributed by atoms with E-state index in [0.717, 1.165) is 10.2 Å². The number of halogens is 1. The van der Waals surface area contributed by atoms with Crippen molar-refractivity contribution in [2.45, 2.75) is 0 Å². The standard InChI is InChI=1S/C9H5BrN4/c10-8-2-1-7(4-11)9(3-8)14-5-12-13-6-14/h1-3,5-6H. The topological polar surface area (TPSA) is 54.5 Å². The highest BCUT2D eigenvalue weighted by atomic mass is 79.9. The number of hydrogen-bond donors (Lipinski definition) is 0. The Morgan fingerprint density at radius 1 is 1.29 bits per heavy atom. The molecule has 0 atom stereocenters. The lowest BCUT2D eigenvalue weighted by Gasteiger charge is -2.03. The summed E-state index contributed by atoms with van der Waals surface area (Å²) in [5, 5.41) is 16.3. The zero-order chi connectivity index (χ0) is 9.97. The molecule has 68 valence electrons. The second-order valence-electron chi connectivity index (χ2n) is 2.64. The molecule has 0 radical (unpaired) electrons. The largest absolute Gasteiger partial charge is 0.287 e. The molecule has 0 unspecified atom stereocenters. The van der Waals surface area contributed by atoms with Crippen molar-refractivity contribution in [1.82, 2.24) is 14.8 Å². The quantitative estimate of drug-likeness (QED) is 0.775. The van der Waals surface area contributed by atoms with Crippen LogP contribution in [0.1, 0.15) is 5.56 Å². The summed E-state index contributed by atoms with van der Waals surface area (Å²) in [6.07, 6.45) is 3.12. The normalized spacial score (nSPS) is 9.71. The van der Waals surface area contributed by atoms with Gasteiger partial charge in [0, 0.05) is 4.47 Å². The van der Waals surface area contributed by atoms with Crippen molar-refractivity contribution in [2.24, 2.45) is 0 Å². The summed E-state index contributed by atoms with van der Waals surface area (Å²) in [7, 11) is 0. The average molecular weight is 249 g/mol. The van der Waals surface area contributed by atoms with Gasteiger partial charge in [0.1, 0.15) is 18.7 Å². The highest BCUT2D eigenvalue weighted by Gasteiger charge is 2.04. The molecule has 2 aromatic rings. The Balaban J connectivity index is 2.63. The number of nitriles is 1. The Bertz CT molecular complexity index is 484. The van der Waals surface area contributed by atoms with Crippen molar-refractivity contribution in [3.63, 3.8) is 0 Å². The summed E-state index contributed by atoms with van der Waals surface area (Å²) in [4.78, 5) is 0. The molecule has 2 rings (SSSR count). The minimum Gasteiger partial charge on any atom is -0.287 e. The van der Waals surface area contributed by atoms with Gasteiger partial charge in [0.15, 0.2) is 0 Å². The van der Waals surface area contributed by atoms with Gasteiger partial charge in [-0.05, 0) is 18.2 Å². The zero-order valence-corrected chi connectivity index (χ0v) is 8.64. The van der Waals surface area contributed by atoms with Crippen LogP contribution in [-0.2, 0) is 0 Å². The monoisotopic (exact) mass is 248 g/mol. The van der Waals surface area contributed by atoms with Crippen LogP contribution in [0.25, 0.3) is 5.69 Å². The maximum atomic E-state index is 8.89. The van der Waals surface area contributed by atoms with E-state index in [1.807, 2.05) is 12.1 Å². The number of aromatic nitrogens is 3. The van der Waals surface area contributed by atoms with E-state index in [4.69, 9.17) is 5.26 Å². The van der Waals surface area contributed by atoms with Crippen LogP contribution in [0.4, 0.5) is 0 Å². The maximum Gasteiger partial charge on any atom is 0.123 e. The predicted molar refractivity (Wildman–Crippen MR) is 53.8 cm³/mol. The van der Waals surface area contributed by atoms with Gasteiger partial charge in [0.05, 0.1) is 11.3 Å². The lowest BCUT2D eigenvalue weighted by atomic mass is 10.2. The lowest BCUT2D eigenvalue weighted by Crippen LogP contribution is -1.94. The first-order valence-electron chi connectivity index (χ1n) is 3.86. The molecule has 0 amide bonds. The second-order valence-corrected chi connectivity index (χ2v) is 3.56. The number of benzene rings is 1. The second kappa shape index (κ2) is 3.60. The van der Waals surface area contributed by atoms with Crippen molar-refractivity contribution < 1.29 is 0 Å². The van der Waals surface area contributed by atoms with Crippen LogP contribution in [-0.4, -0.2) is 14.8 Å². The minimum absolute atomic E-state index is 0.591. The molecule has 0 spiro atoms. The third-order valence-electron chi connectivity index (χ3n) is 1.78. The summed E-state index contributed by atoms with van der Waals surface area (Å²) < 4.78 is 2.61. The fraction of sp³-hybridized carbons (Fsp3) is 0. The van der Waals surface area contributed by atoms with Gasteiger partial charge in [-0.3, -0.25) is 4.57 Å². The van der Waals surface area contributed by atoms with Gasteiger partial charge in [-0.25, -0.2) is 0 Å². The smallest absolute Gasteiger partial charge is 0.123 e. The Morgan fingerprint density at radius 3 is 2.64 bits per heavy atom. The Labute approximate surface area is 88.9 Å². The van der Waals surface area contributed by atoms with E-state index in [9.17, 15) is 0 Å². The molecule has 0 bridgehead atoms. The van der Waals surface area contributed by atoms with Gasteiger partial charge in [-0.15, -0.1) is 10.2 Å². The first kappa shape index (κ1) is 8.91. The summed E-state index contributed by atoms with van der Waals surface area (Å²) >= 11 is 3.35. The zero-order valence-electron chi connectivity index (χ0n) is 7.05. The van der Waals surface area contributed by atoms with Crippen molar-refractivity contribution in [2.75, 3.05) is 0 Å². The van der Waals surface area contributed by atoms with Crippen LogP contribution in [0.5, 0.6) is 0 Å². The maximum absolute atomic E-state index is 8.89. The molecule has 1 aromatic heterocycles. The molecule has 0 aliphatic rings. The van der Waals surface area contributed by atoms with Crippen LogP contribution in [0.3, 0.4) is 0 Å². The third-order valence-corrected chi connectivity index (χ3v) is 2.27. The number of nitrogens with zero attached hydrogens (tertiary/aromatic N) is 4. The molecular weight excluding hydrogens is 244 g/mol. The SMILES string of the molecule is N#Cc1ccc(Br)cc1-n1cnnc1. The highest BCUT2D eigenvalue weighted by Crippen LogP contribution is 2.19. The van der Waals surface area contributed by atoms with E-state index in [2.05, 4.69) is 32.2 Å². The number of hydrogen-bond acceptors (Lipinski definition) is 3. The van der Waals surface area contributed by atoms with Gasteiger partial charge in [0.2, 0.25) is 0 Å². The van der Waals surface area contributed by atoms with E-state index >= 15 is 0 Å². The molecule has 1 aromatic carbocycles. The summed E-state index contributed by atoms with van der Waals surface area (Å²) in [6.45, 7) is 0. The fourth-order valence-corrected chi connectivity index (χ4v) is 1.49.